The Hall–Kier alpha value is -11.5. The number of hydrogen-bond donors (Lipinski definition) is 22. The predicted molar refractivity (Wildman–Crippen MR) is 397 cm³/mol. The molecule has 25 N–H and O–H groups in total. The summed E-state index contributed by atoms with van der Waals surface area (Å²) in [6.07, 6.45) is 2.32. The minimum Gasteiger partial charge on any atom is -0.508 e. The number of benzene rings is 3. The van der Waals surface area contributed by atoms with Crippen molar-refractivity contribution in [1.82, 2.24) is 78.8 Å². The lowest BCUT2D eigenvalue weighted by atomic mass is 9.96. The lowest BCUT2D eigenvalue weighted by molar-refractivity contribution is -0.137. The number of unbranched alkanes of at least 4 members (excludes halogenated alkanes) is 1. The Labute approximate surface area is 632 Å². The molecule has 13 atom stereocenters. The van der Waals surface area contributed by atoms with Crippen LogP contribution in [0.15, 0.2) is 97.6 Å². The van der Waals surface area contributed by atoms with E-state index in [1.807, 2.05) is 18.2 Å². The van der Waals surface area contributed by atoms with Gasteiger partial charge in [0.1, 0.15) is 78.3 Å². The van der Waals surface area contributed by atoms with Crippen LogP contribution in [0.3, 0.4) is 0 Å². The van der Waals surface area contributed by atoms with Gasteiger partial charge in [0.15, 0.2) is 0 Å². The van der Waals surface area contributed by atoms with Gasteiger partial charge in [0.05, 0.1) is 32.4 Å². The van der Waals surface area contributed by atoms with E-state index in [-0.39, 0.29) is 57.2 Å². The molecule has 0 radical (unpaired) electrons. The molecule has 15 amide bonds. The molecule has 0 aliphatic heterocycles. The number of thiol groups is 1. The van der Waals surface area contributed by atoms with Crippen LogP contribution in [0.25, 0.3) is 10.9 Å². The highest BCUT2D eigenvalue weighted by molar-refractivity contribution is 7.80. The van der Waals surface area contributed by atoms with E-state index >= 15 is 0 Å². The smallest absolute Gasteiger partial charge is 0.245 e. The first kappa shape index (κ1) is 88.1. The first-order chi connectivity index (χ1) is 51.8. The van der Waals surface area contributed by atoms with Gasteiger partial charge in [0.25, 0.3) is 0 Å². The number of aromatic amines is 2. The number of amides is 15. The molecule has 5 rings (SSSR count). The molecule has 3 aromatic carbocycles. The van der Waals surface area contributed by atoms with Crippen LogP contribution in [0.1, 0.15) is 95.5 Å². The highest BCUT2D eigenvalue weighted by Gasteiger charge is 2.39. The molecular formula is C71H99N19O18S. The number of nitrogens with zero attached hydrogens (tertiary/aromatic N) is 1. The highest BCUT2D eigenvalue weighted by Crippen LogP contribution is 2.21. The largest absolute Gasteiger partial charge is 0.508 e. The van der Waals surface area contributed by atoms with Crippen LogP contribution in [0.5, 0.6) is 5.75 Å². The number of nitrogens with one attached hydrogen (secondary N) is 14. The number of hydrogen-bond acceptors (Lipinski definition) is 21. The van der Waals surface area contributed by atoms with Gasteiger partial charge in [-0.05, 0) is 72.5 Å². The van der Waals surface area contributed by atoms with Gasteiger partial charge in [0.2, 0.25) is 88.6 Å². The molecule has 109 heavy (non-hydrogen) atoms. The molecule has 5 aromatic rings. The number of primary amides is 3. The monoisotopic (exact) mass is 1540 g/mol. The van der Waals surface area contributed by atoms with Crippen molar-refractivity contribution in [3.63, 3.8) is 0 Å². The van der Waals surface area contributed by atoms with E-state index in [4.69, 9.17) is 22.9 Å². The quantitative estimate of drug-likeness (QED) is 0.0128. The van der Waals surface area contributed by atoms with E-state index in [0.717, 1.165) is 17.8 Å². The van der Waals surface area contributed by atoms with Crippen molar-refractivity contribution in [2.24, 2.45) is 34.8 Å². The number of phenolic OH excluding ortho intramolecular Hbond substituents is 1. The maximum atomic E-state index is 14.8. The summed E-state index contributed by atoms with van der Waals surface area (Å²) >= 11 is 4.23. The van der Waals surface area contributed by atoms with E-state index in [9.17, 15) is 87.2 Å². The number of carbonyl (C=O) groups excluding carboxylic acids is 15. The first-order valence-corrected chi connectivity index (χ1v) is 35.8. The van der Waals surface area contributed by atoms with Crippen LogP contribution in [0, 0.1) is 11.8 Å². The van der Waals surface area contributed by atoms with Gasteiger partial charge in [0, 0.05) is 67.4 Å². The summed E-state index contributed by atoms with van der Waals surface area (Å²) in [5.74, 6) is -17.2. The fraction of sp³-hybridized carbons (Fsp3) is 0.465. The summed E-state index contributed by atoms with van der Waals surface area (Å²) in [7, 11) is 0. The van der Waals surface area contributed by atoms with E-state index in [2.05, 4.69) is 91.4 Å². The topological polar surface area (TPSA) is 610 Å². The summed E-state index contributed by atoms with van der Waals surface area (Å²) < 4.78 is 0. The van der Waals surface area contributed by atoms with Gasteiger partial charge in [-0.25, -0.2) is 4.98 Å². The molecule has 0 aliphatic carbocycles. The van der Waals surface area contributed by atoms with E-state index in [0.29, 0.717) is 28.8 Å². The van der Waals surface area contributed by atoms with Crippen LogP contribution in [-0.2, 0) is 97.6 Å². The van der Waals surface area contributed by atoms with Gasteiger partial charge in [-0.15, -0.1) is 0 Å². The Balaban J connectivity index is 1.35. The Bertz CT molecular complexity index is 3960. The van der Waals surface area contributed by atoms with Crippen molar-refractivity contribution in [3.8, 4) is 5.75 Å². The molecule has 2 heterocycles. The number of aromatic nitrogens is 3. The third-order valence-electron chi connectivity index (χ3n) is 17.5. The molecule has 0 aliphatic rings. The summed E-state index contributed by atoms with van der Waals surface area (Å²) in [4.78, 5) is 216. The predicted octanol–water partition coefficient (Wildman–Crippen LogP) is -5.31. The van der Waals surface area contributed by atoms with Crippen molar-refractivity contribution in [2.45, 2.75) is 171 Å². The Kier molecular flexibility index (Phi) is 35.5. The number of aliphatic hydroxyl groups is 2. The Morgan fingerprint density at radius 1 is 0.477 bits per heavy atom. The summed E-state index contributed by atoms with van der Waals surface area (Å²) in [5.41, 5.74) is 25.2. The minimum atomic E-state index is -1.91. The fourth-order valence-electron chi connectivity index (χ4n) is 11.3. The fourth-order valence-corrected chi connectivity index (χ4v) is 11.5. The van der Waals surface area contributed by atoms with Crippen molar-refractivity contribution in [3.05, 3.63) is 120 Å². The number of fused-ring (bicyclic) bond motifs is 1. The molecule has 0 fully saturated rings. The maximum absolute atomic E-state index is 14.8. The Morgan fingerprint density at radius 3 is 1.42 bits per heavy atom. The summed E-state index contributed by atoms with van der Waals surface area (Å²) in [5, 5.41) is 61.3. The SMILES string of the molecule is CC[C@H](C)[C@H](NC(=O)[C@H](CC(N)=O)NC(=O)[C@H](CS)NC(=O)[C@H](CO)NC(=O)[C@H](Cc1ccccc1)NC(=O)[C@H](Cc1ccc(O)cc1)NC(=O)[C@H](CCCCN)NC(=O)[C@H](CC(N)=O)NC(=O)[C@H](CO)NC(=O)[C@@H](NC(C)=O)C(C)C)C(=O)N[C@@H](Cc1cnc[nH]1)C(=O)N[C@@H](Cc1c[nH]c2ccccc12)C(N)=O. The molecule has 592 valence electrons. The third kappa shape index (κ3) is 28.3. The Morgan fingerprint density at radius 2 is 0.917 bits per heavy atom. The molecule has 0 spiro atoms. The molecular weight excluding hydrogens is 1440 g/mol. The number of imidazole rings is 1. The molecule has 0 saturated heterocycles. The molecule has 0 saturated carbocycles. The van der Waals surface area contributed by atoms with Crippen LogP contribution in [-0.4, -0.2) is 217 Å². The van der Waals surface area contributed by atoms with Crippen LogP contribution in [0.2, 0.25) is 0 Å². The van der Waals surface area contributed by atoms with Crippen LogP contribution in [0.4, 0.5) is 0 Å². The van der Waals surface area contributed by atoms with E-state index < -0.39 is 205 Å². The number of aromatic hydroxyl groups is 1. The van der Waals surface area contributed by atoms with Crippen molar-refractivity contribution < 1.29 is 87.2 Å². The highest BCUT2D eigenvalue weighted by atomic mass is 32.1. The van der Waals surface area contributed by atoms with Gasteiger partial charge >= 0.3 is 0 Å². The zero-order chi connectivity index (χ0) is 80.6. The zero-order valence-electron chi connectivity index (χ0n) is 60.9. The van der Waals surface area contributed by atoms with Crippen LogP contribution < -0.4 is 86.7 Å². The summed E-state index contributed by atoms with van der Waals surface area (Å²) in [6, 6.07) is 1.52. The molecule has 37 nitrogen and oxygen atoms in total. The first-order valence-electron chi connectivity index (χ1n) is 35.1. The van der Waals surface area contributed by atoms with Gasteiger partial charge < -0.3 is 112 Å². The van der Waals surface area contributed by atoms with Crippen molar-refractivity contribution in [2.75, 3.05) is 25.5 Å². The van der Waals surface area contributed by atoms with E-state index in [1.54, 1.807) is 70.3 Å². The van der Waals surface area contributed by atoms with E-state index in [1.165, 1.54) is 36.8 Å². The maximum Gasteiger partial charge on any atom is 0.245 e. The van der Waals surface area contributed by atoms with Gasteiger partial charge in [-0.1, -0.05) is 94.8 Å². The lowest BCUT2D eigenvalue weighted by Crippen LogP contribution is -2.62. The minimum absolute atomic E-state index is 0.0293. The molecule has 38 heteroatoms. The average molecular weight is 1540 g/mol. The number of H-pyrrole nitrogens is 2. The van der Waals surface area contributed by atoms with Crippen molar-refractivity contribution in [1.29, 1.82) is 0 Å². The summed E-state index contributed by atoms with van der Waals surface area (Å²) in [6.45, 7) is 5.63. The number of aliphatic hydroxyl groups excluding tert-OH is 2. The molecule has 0 bridgehead atoms. The second-order valence-corrected chi connectivity index (χ2v) is 26.8. The second-order valence-electron chi connectivity index (χ2n) is 26.4. The van der Waals surface area contributed by atoms with Crippen LogP contribution >= 0.6 is 12.6 Å². The number of carbonyl (C=O) groups is 15. The second kappa shape index (κ2) is 43.9. The number of para-hydroxylation sites is 1. The van der Waals surface area contributed by atoms with Gasteiger partial charge in [-0.3, -0.25) is 71.9 Å². The standard InChI is InChI=1S/C71H99N19O18S/c1-6-37(4)59(71(108)86-50(27-42-31-76-35-78-42)64(101)81-47(60(75)97)26-41-30-77-45-17-11-10-16-44(41)45)90-66(103)52(29-57(74)96)85-69(106)55(34-109)89-68(105)53(32-91)87-63(100)48(24-39-14-8-7-9-15-39)83-62(99)49(25-40-19-21-43(94)22-20-40)82-61(98)46(18-12-13-23-72)80-65(102)51(28-56(73)95)84-67(104)54(33-92)88-70(107)58(36(2)3)79-38(5)93/h7-11,14-17,19-22,30-31,35-37,46-55,58-59,77,91-92,94,109H,6,12-13,18,23-29,32-34,72H2,1-5H3,(H2,73,95)(H2,74,96)(H2,75,97)(H,76,78)(H,79,93)(H,80,102)(H,81,101)(H,82,98)(H,83,99)(H,84,104)(H,85,106)(H,86,108)(H,87,100)(H,88,107)(H,89,105)(H,90,103)/t37-,46-,47-,48-,49-,50-,51-,52-,53-,54-,55-,58-,59-/m0/s1. The van der Waals surface area contributed by atoms with Gasteiger partial charge in [-0.2, -0.15) is 12.6 Å². The average Bonchev–Trinajstić information content (AvgIpc) is 1.77. The normalized spacial score (nSPS) is 14.7. The number of phenols is 1. The molecule has 2 aromatic heterocycles. The number of rotatable bonds is 46. The lowest BCUT2D eigenvalue weighted by Gasteiger charge is -2.29. The molecule has 0 unspecified atom stereocenters. The zero-order valence-corrected chi connectivity index (χ0v) is 61.8. The van der Waals surface area contributed by atoms with Crippen molar-refractivity contribution >= 4 is 112 Å². The number of nitrogens with two attached hydrogens (primary N) is 4. The third-order valence-corrected chi connectivity index (χ3v) is 17.9.